The quantitative estimate of drug-likeness (QED) is 0.587. The monoisotopic (exact) mass is 397 g/mol. The third-order valence-electron chi connectivity index (χ3n) is 2.59. The van der Waals surface area contributed by atoms with E-state index in [1.165, 1.54) is 0 Å². The minimum absolute atomic E-state index is 0.757. The molecule has 2 aromatic carbocycles. The van der Waals surface area contributed by atoms with Gasteiger partial charge < -0.3 is 11.1 Å². The molecule has 0 atom stereocenters. The summed E-state index contributed by atoms with van der Waals surface area (Å²) >= 11 is 8.54. The van der Waals surface area contributed by atoms with Crippen molar-refractivity contribution in [3.63, 3.8) is 0 Å². The van der Waals surface area contributed by atoms with Gasteiger partial charge in [-0.3, -0.25) is 0 Å². The molecule has 3 N–H and O–H groups in total. The molecule has 3 nitrogen and oxygen atoms in total. The largest absolute Gasteiger partial charge is 0.399 e. The van der Waals surface area contributed by atoms with Crippen LogP contribution in [0.4, 0.5) is 16.5 Å². The number of halogens is 2. The summed E-state index contributed by atoms with van der Waals surface area (Å²) in [5.74, 6) is 0. The van der Waals surface area contributed by atoms with Gasteiger partial charge in [-0.25, -0.2) is 4.98 Å². The minimum atomic E-state index is 0.757. The maximum atomic E-state index is 5.77. The van der Waals surface area contributed by atoms with Crippen LogP contribution in [-0.4, -0.2) is 4.98 Å². The van der Waals surface area contributed by atoms with E-state index in [1.54, 1.807) is 11.3 Å². The number of rotatable bonds is 2. The Labute approximate surface area is 131 Å². The highest BCUT2D eigenvalue weighted by atomic mass is 79.9. The van der Waals surface area contributed by atoms with Gasteiger partial charge in [-0.2, -0.15) is 0 Å². The standard InChI is InChI=1S/C13H9Br2N3S/c14-7-1-3-10(9(15)5-7)17-13-18-11-4-2-8(16)6-12(11)19-13/h1-6H,16H2,(H,17,18). The number of benzene rings is 2. The number of hydrogen-bond donors (Lipinski definition) is 2. The summed E-state index contributed by atoms with van der Waals surface area (Å²) in [4.78, 5) is 4.53. The number of hydrogen-bond acceptors (Lipinski definition) is 4. The molecule has 0 saturated carbocycles. The fourth-order valence-corrected chi connectivity index (χ4v) is 3.77. The van der Waals surface area contributed by atoms with Crippen LogP contribution in [0.1, 0.15) is 0 Å². The van der Waals surface area contributed by atoms with Gasteiger partial charge in [0.05, 0.1) is 15.9 Å². The second kappa shape index (κ2) is 5.11. The Balaban J connectivity index is 1.96. The van der Waals surface area contributed by atoms with E-state index in [1.807, 2.05) is 36.4 Å². The first-order chi connectivity index (χ1) is 9.11. The van der Waals surface area contributed by atoms with Crippen LogP contribution in [0, 0.1) is 0 Å². The highest BCUT2D eigenvalue weighted by Gasteiger charge is 2.06. The van der Waals surface area contributed by atoms with Crippen molar-refractivity contribution in [1.29, 1.82) is 0 Å². The Bertz CT molecular complexity index is 755. The van der Waals surface area contributed by atoms with Crippen LogP contribution in [0.15, 0.2) is 45.3 Å². The maximum Gasteiger partial charge on any atom is 0.188 e. The van der Waals surface area contributed by atoms with Gasteiger partial charge in [-0.1, -0.05) is 27.3 Å². The van der Waals surface area contributed by atoms with Gasteiger partial charge in [-0.15, -0.1) is 0 Å². The van der Waals surface area contributed by atoms with E-state index in [9.17, 15) is 0 Å². The van der Waals surface area contributed by atoms with E-state index in [4.69, 9.17) is 5.73 Å². The van der Waals surface area contributed by atoms with Crippen molar-refractivity contribution in [1.82, 2.24) is 4.98 Å². The van der Waals surface area contributed by atoms with E-state index < -0.39 is 0 Å². The van der Waals surface area contributed by atoms with Gasteiger partial charge in [0.2, 0.25) is 0 Å². The minimum Gasteiger partial charge on any atom is -0.399 e. The number of fused-ring (bicyclic) bond motifs is 1. The molecule has 0 aliphatic carbocycles. The van der Waals surface area contributed by atoms with Crippen LogP contribution in [-0.2, 0) is 0 Å². The molecule has 0 amide bonds. The number of aromatic nitrogens is 1. The van der Waals surface area contributed by atoms with Crippen LogP contribution < -0.4 is 11.1 Å². The Morgan fingerprint density at radius 2 is 1.95 bits per heavy atom. The Morgan fingerprint density at radius 3 is 2.74 bits per heavy atom. The molecule has 0 fully saturated rings. The molecule has 1 aromatic heterocycles. The first-order valence-corrected chi connectivity index (χ1v) is 7.90. The lowest BCUT2D eigenvalue weighted by Crippen LogP contribution is -1.90. The highest BCUT2D eigenvalue weighted by molar-refractivity contribution is 9.11. The number of nitrogens with one attached hydrogen (secondary N) is 1. The molecule has 0 aliphatic rings. The normalized spacial score (nSPS) is 10.8. The van der Waals surface area contributed by atoms with Crippen molar-refractivity contribution in [3.8, 4) is 0 Å². The summed E-state index contributed by atoms with van der Waals surface area (Å²) in [6.45, 7) is 0. The van der Waals surface area contributed by atoms with Crippen molar-refractivity contribution < 1.29 is 0 Å². The summed E-state index contributed by atoms with van der Waals surface area (Å²) in [6.07, 6.45) is 0. The van der Waals surface area contributed by atoms with Crippen LogP contribution in [0.2, 0.25) is 0 Å². The molecule has 19 heavy (non-hydrogen) atoms. The fraction of sp³-hybridized carbons (Fsp3) is 0. The Morgan fingerprint density at radius 1 is 1.11 bits per heavy atom. The second-order valence-corrected chi connectivity index (χ2v) is 6.80. The molecular formula is C13H9Br2N3S. The molecule has 3 rings (SSSR count). The average Bonchev–Trinajstić information content (AvgIpc) is 2.74. The zero-order chi connectivity index (χ0) is 13.4. The van der Waals surface area contributed by atoms with E-state index in [-0.39, 0.29) is 0 Å². The van der Waals surface area contributed by atoms with Crippen LogP contribution in [0.25, 0.3) is 10.2 Å². The number of nitrogens with two attached hydrogens (primary N) is 1. The molecule has 0 saturated heterocycles. The molecule has 96 valence electrons. The Kier molecular flexibility index (Phi) is 3.47. The topological polar surface area (TPSA) is 50.9 Å². The number of anilines is 3. The molecule has 0 aliphatic heterocycles. The number of thiazole rings is 1. The molecular weight excluding hydrogens is 390 g/mol. The average molecular weight is 399 g/mol. The van der Waals surface area contributed by atoms with Gasteiger partial charge in [0.15, 0.2) is 5.13 Å². The summed E-state index contributed by atoms with van der Waals surface area (Å²) in [6, 6.07) is 11.7. The molecule has 3 aromatic rings. The first-order valence-electron chi connectivity index (χ1n) is 5.50. The number of nitrogen functional groups attached to an aromatic ring is 1. The lowest BCUT2D eigenvalue weighted by atomic mass is 10.3. The van der Waals surface area contributed by atoms with Gasteiger partial charge in [0, 0.05) is 14.6 Å². The van der Waals surface area contributed by atoms with Crippen LogP contribution in [0.3, 0.4) is 0 Å². The van der Waals surface area contributed by atoms with E-state index in [0.717, 1.165) is 35.7 Å². The molecule has 0 spiro atoms. The zero-order valence-corrected chi connectivity index (χ0v) is 13.6. The van der Waals surface area contributed by atoms with E-state index in [0.29, 0.717) is 0 Å². The molecule has 1 heterocycles. The van der Waals surface area contributed by atoms with Crippen molar-refractivity contribution in [2.75, 3.05) is 11.1 Å². The van der Waals surface area contributed by atoms with Crippen LogP contribution >= 0.6 is 43.2 Å². The lowest BCUT2D eigenvalue weighted by Gasteiger charge is -2.05. The highest BCUT2D eigenvalue weighted by Crippen LogP contribution is 2.33. The van der Waals surface area contributed by atoms with Gasteiger partial charge >= 0.3 is 0 Å². The summed E-state index contributed by atoms with van der Waals surface area (Å²) in [7, 11) is 0. The summed E-state index contributed by atoms with van der Waals surface area (Å²) in [5.41, 5.74) is 8.46. The van der Waals surface area contributed by atoms with Crippen molar-refractivity contribution in [2.24, 2.45) is 0 Å². The fourth-order valence-electron chi connectivity index (χ4n) is 1.70. The first kappa shape index (κ1) is 12.9. The van der Waals surface area contributed by atoms with Crippen molar-refractivity contribution in [3.05, 3.63) is 45.3 Å². The smallest absolute Gasteiger partial charge is 0.188 e. The van der Waals surface area contributed by atoms with Gasteiger partial charge in [-0.05, 0) is 52.3 Å². The summed E-state index contributed by atoms with van der Waals surface area (Å²) in [5, 5.41) is 4.16. The third kappa shape index (κ3) is 2.75. The SMILES string of the molecule is Nc1ccc2nc(Nc3ccc(Br)cc3Br)sc2c1. The Hall–Kier alpha value is -1.11. The van der Waals surface area contributed by atoms with Gasteiger partial charge in [0.1, 0.15) is 0 Å². The molecule has 0 unspecified atom stereocenters. The van der Waals surface area contributed by atoms with E-state index in [2.05, 4.69) is 42.2 Å². The van der Waals surface area contributed by atoms with Crippen LogP contribution in [0.5, 0.6) is 0 Å². The van der Waals surface area contributed by atoms with E-state index >= 15 is 0 Å². The lowest BCUT2D eigenvalue weighted by molar-refractivity contribution is 1.43. The zero-order valence-electron chi connectivity index (χ0n) is 9.65. The van der Waals surface area contributed by atoms with Crippen molar-refractivity contribution >= 4 is 69.9 Å². The third-order valence-corrected chi connectivity index (χ3v) is 4.67. The number of nitrogens with zero attached hydrogens (tertiary/aromatic N) is 1. The summed E-state index contributed by atoms with van der Waals surface area (Å²) < 4.78 is 3.10. The second-order valence-electron chi connectivity index (χ2n) is 4.00. The molecule has 0 radical (unpaired) electrons. The molecule has 6 heteroatoms. The predicted molar refractivity (Wildman–Crippen MR) is 89.2 cm³/mol. The predicted octanol–water partition coefficient (Wildman–Crippen LogP) is 5.15. The van der Waals surface area contributed by atoms with Gasteiger partial charge in [0.25, 0.3) is 0 Å². The van der Waals surface area contributed by atoms with Crippen molar-refractivity contribution in [2.45, 2.75) is 0 Å². The molecule has 0 bridgehead atoms. The maximum absolute atomic E-state index is 5.77.